The summed E-state index contributed by atoms with van der Waals surface area (Å²) in [6.45, 7) is -1.59. The maximum absolute atomic E-state index is 11.5. The van der Waals surface area contributed by atoms with Crippen molar-refractivity contribution < 1.29 is 27.4 Å². The molecule has 0 saturated heterocycles. The molecule has 0 aliphatic carbocycles. The summed E-state index contributed by atoms with van der Waals surface area (Å²) in [6, 6.07) is 0. The molecule has 0 aliphatic heterocycles. The molecule has 13 heavy (non-hydrogen) atoms. The topological polar surface area (TPSA) is 35.5 Å². The van der Waals surface area contributed by atoms with Crippen molar-refractivity contribution in [3.63, 3.8) is 0 Å². The largest absolute Gasteiger partial charge is 0.466 e. The first-order chi connectivity index (χ1) is 5.95. The second-order valence-electron chi connectivity index (χ2n) is 2.06. The summed E-state index contributed by atoms with van der Waals surface area (Å²) in [7, 11) is 1.17. The molecule has 0 fully saturated rings. The van der Waals surface area contributed by atoms with Gasteiger partial charge in [-0.3, -0.25) is 0 Å². The molecule has 0 radical (unpaired) electrons. The van der Waals surface area contributed by atoms with Crippen LogP contribution in [0.1, 0.15) is 0 Å². The lowest BCUT2D eigenvalue weighted by atomic mass is 10.5. The number of alkyl halides is 3. The van der Waals surface area contributed by atoms with E-state index in [0.717, 1.165) is 12.2 Å². The van der Waals surface area contributed by atoms with Gasteiger partial charge in [0.15, 0.2) is 0 Å². The van der Waals surface area contributed by atoms with Crippen LogP contribution in [0.15, 0.2) is 12.2 Å². The SMILES string of the molecule is COC(=O)/C=C/COCC(F)(F)F. The zero-order valence-electron chi connectivity index (χ0n) is 6.93. The third-order valence-electron chi connectivity index (χ3n) is 0.935. The molecule has 0 amide bonds. The number of methoxy groups -OCH3 is 1. The van der Waals surface area contributed by atoms with Crippen molar-refractivity contribution in [3.8, 4) is 0 Å². The Labute approximate surface area is 73.1 Å². The van der Waals surface area contributed by atoms with Crippen molar-refractivity contribution in [1.82, 2.24) is 0 Å². The van der Waals surface area contributed by atoms with Gasteiger partial charge in [-0.1, -0.05) is 6.08 Å². The first-order valence-electron chi connectivity index (χ1n) is 3.34. The molecular formula is C7H9F3O3. The van der Waals surface area contributed by atoms with Crippen LogP contribution in [0.5, 0.6) is 0 Å². The molecule has 0 saturated carbocycles. The van der Waals surface area contributed by atoms with Gasteiger partial charge in [-0.2, -0.15) is 13.2 Å². The highest BCUT2D eigenvalue weighted by molar-refractivity contribution is 5.81. The lowest BCUT2D eigenvalue weighted by Crippen LogP contribution is -2.16. The zero-order chi connectivity index (χ0) is 10.3. The van der Waals surface area contributed by atoms with E-state index in [1.165, 1.54) is 7.11 Å². The Kier molecular flexibility index (Phi) is 5.13. The second kappa shape index (κ2) is 5.58. The van der Waals surface area contributed by atoms with Crippen molar-refractivity contribution in [2.75, 3.05) is 20.3 Å². The number of rotatable bonds is 4. The van der Waals surface area contributed by atoms with E-state index >= 15 is 0 Å². The number of halogens is 3. The third kappa shape index (κ3) is 8.87. The summed E-state index contributed by atoms with van der Waals surface area (Å²) in [5.74, 6) is -0.629. The molecule has 0 aromatic carbocycles. The van der Waals surface area contributed by atoms with Gasteiger partial charge >= 0.3 is 12.1 Å². The normalized spacial score (nSPS) is 12.0. The molecule has 0 heterocycles. The van der Waals surface area contributed by atoms with Crippen LogP contribution in [0, 0.1) is 0 Å². The number of ether oxygens (including phenoxy) is 2. The summed E-state index contributed by atoms with van der Waals surface area (Å²) in [6.07, 6.45) is -2.19. The van der Waals surface area contributed by atoms with Crippen molar-refractivity contribution in [2.45, 2.75) is 6.18 Å². The minimum Gasteiger partial charge on any atom is -0.466 e. The van der Waals surface area contributed by atoms with Gasteiger partial charge in [0, 0.05) is 6.08 Å². The predicted molar refractivity (Wildman–Crippen MR) is 38.0 cm³/mol. The highest BCUT2D eigenvalue weighted by Crippen LogP contribution is 2.14. The molecule has 0 unspecified atom stereocenters. The van der Waals surface area contributed by atoms with Crippen LogP contribution in [0.2, 0.25) is 0 Å². The van der Waals surface area contributed by atoms with E-state index in [4.69, 9.17) is 0 Å². The first-order valence-corrected chi connectivity index (χ1v) is 3.34. The smallest absolute Gasteiger partial charge is 0.411 e. The van der Waals surface area contributed by atoms with Gasteiger partial charge in [-0.25, -0.2) is 4.79 Å². The van der Waals surface area contributed by atoms with Crippen molar-refractivity contribution in [2.24, 2.45) is 0 Å². The number of hydrogen-bond acceptors (Lipinski definition) is 3. The molecule has 0 rings (SSSR count). The van der Waals surface area contributed by atoms with E-state index in [1.807, 2.05) is 0 Å². The highest BCUT2D eigenvalue weighted by atomic mass is 19.4. The summed E-state index contributed by atoms with van der Waals surface area (Å²) < 4.78 is 42.8. The minimum absolute atomic E-state index is 0.269. The van der Waals surface area contributed by atoms with E-state index < -0.39 is 18.8 Å². The molecule has 0 aromatic rings. The summed E-state index contributed by atoms with van der Waals surface area (Å²) in [4.78, 5) is 10.4. The van der Waals surface area contributed by atoms with Crippen LogP contribution in [0.3, 0.4) is 0 Å². The van der Waals surface area contributed by atoms with Crippen LogP contribution in [-0.2, 0) is 14.3 Å². The lowest BCUT2D eigenvalue weighted by molar-refractivity contribution is -0.171. The van der Waals surface area contributed by atoms with Crippen LogP contribution >= 0.6 is 0 Å². The van der Waals surface area contributed by atoms with Gasteiger partial charge in [-0.15, -0.1) is 0 Å². The maximum Gasteiger partial charge on any atom is 0.411 e. The fraction of sp³-hybridized carbons (Fsp3) is 0.571. The van der Waals surface area contributed by atoms with Gasteiger partial charge in [0.1, 0.15) is 6.61 Å². The van der Waals surface area contributed by atoms with Crippen LogP contribution < -0.4 is 0 Å². The fourth-order valence-corrected chi connectivity index (χ4v) is 0.455. The van der Waals surface area contributed by atoms with Crippen LogP contribution in [0.4, 0.5) is 13.2 Å². The average molecular weight is 198 g/mol. The second-order valence-corrected chi connectivity index (χ2v) is 2.06. The van der Waals surface area contributed by atoms with E-state index in [9.17, 15) is 18.0 Å². The number of carbonyl (C=O) groups excluding carboxylic acids is 1. The van der Waals surface area contributed by atoms with Crippen LogP contribution in [-0.4, -0.2) is 32.5 Å². The number of esters is 1. The Morgan fingerprint density at radius 1 is 1.46 bits per heavy atom. The summed E-state index contributed by atoms with van der Waals surface area (Å²) in [5.41, 5.74) is 0. The highest BCUT2D eigenvalue weighted by Gasteiger charge is 2.26. The van der Waals surface area contributed by atoms with Crippen molar-refractivity contribution in [3.05, 3.63) is 12.2 Å². The van der Waals surface area contributed by atoms with Gasteiger partial charge < -0.3 is 9.47 Å². The Balaban J connectivity index is 3.46. The van der Waals surface area contributed by atoms with Crippen LogP contribution in [0.25, 0.3) is 0 Å². The Bertz CT molecular complexity index is 186. The number of carbonyl (C=O) groups is 1. The van der Waals surface area contributed by atoms with E-state index in [0.29, 0.717) is 0 Å². The van der Waals surface area contributed by atoms with Gasteiger partial charge in [0.05, 0.1) is 13.7 Å². The Morgan fingerprint density at radius 2 is 2.08 bits per heavy atom. The molecule has 0 aromatic heterocycles. The molecule has 0 bridgehead atoms. The third-order valence-corrected chi connectivity index (χ3v) is 0.935. The first kappa shape index (κ1) is 12.0. The Morgan fingerprint density at radius 3 is 2.54 bits per heavy atom. The minimum atomic E-state index is -4.33. The number of hydrogen-bond donors (Lipinski definition) is 0. The quantitative estimate of drug-likeness (QED) is 0.388. The van der Waals surface area contributed by atoms with Crippen molar-refractivity contribution >= 4 is 5.97 Å². The molecule has 0 spiro atoms. The maximum atomic E-state index is 11.5. The van der Waals surface area contributed by atoms with Gasteiger partial charge in [0.25, 0.3) is 0 Å². The predicted octanol–water partition coefficient (Wildman–Crippen LogP) is 1.29. The molecule has 0 aliphatic rings. The molecule has 0 atom stereocenters. The molecular weight excluding hydrogens is 189 g/mol. The van der Waals surface area contributed by atoms with Gasteiger partial charge in [-0.05, 0) is 0 Å². The summed E-state index contributed by atoms with van der Waals surface area (Å²) in [5, 5.41) is 0. The van der Waals surface area contributed by atoms with Gasteiger partial charge in [0.2, 0.25) is 0 Å². The molecule has 6 heteroatoms. The zero-order valence-corrected chi connectivity index (χ0v) is 6.93. The van der Waals surface area contributed by atoms with E-state index in [1.54, 1.807) is 0 Å². The average Bonchev–Trinajstić information content (AvgIpc) is 2.01. The molecule has 3 nitrogen and oxygen atoms in total. The molecule has 76 valence electrons. The van der Waals surface area contributed by atoms with E-state index in [-0.39, 0.29) is 6.61 Å². The summed E-state index contributed by atoms with van der Waals surface area (Å²) >= 11 is 0. The lowest BCUT2D eigenvalue weighted by Gasteiger charge is -2.04. The fourth-order valence-electron chi connectivity index (χ4n) is 0.455. The Hall–Kier alpha value is -1.04. The molecule has 0 N–H and O–H groups in total. The van der Waals surface area contributed by atoms with Crippen molar-refractivity contribution in [1.29, 1.82) is 0 Å². The standard InChI is InChI=1S/C7H9F3O3/c1-12-6(11)3-2-4-13-5-7(8,9)10/h2-3H,4-5H2,1H3/b3-2+. The monoisotopic (exact) mass is 198 g/mol. The van der Waals surface area contributed by atoms with E-state index in [2.05, 4.69) is 9.47 Å².